The van der Waals surface area contributed by atoms with Crippen LogP contribution in [0.15, 0.2) is 28.9 Å². The predicted molar refractivity (Wildman–Crippen MR) is 63.5 cm³/mol. The van der Waals surface area contributed by atoms with Crippen molar-refractivity contribution in [1.82, 2.24) is 15.4 Å². The number of hydrogen-bond acceptors (Lipinski definition) is 3. The van der Waals surface area contributed by atoms with Crippen molar-refractivity contribution in [1.29, 1.82) is 0 Å². The van der Waals surface area contributed by atoms with Gasteiger partial charge in [0.25, 0.3) is 5.91 Å². The van der Waals surface area contributed by atoms with Crippen molar-refractivity contribution in [3.8, 4) is 0 Å². The van der Waals surface area contributed by atoms with Crippen LogP contribution in [-0.2, 0) is 6.18 Å². The van der Waals surface area contributed by atoms with Crippen molar-refractivity contribution in [2.45, 2.75) is 6.18 Å². The summed E-state index contributed by atoms with van der Waals surface area (Å²) in [6.45, 7) is 0. The fourth-order valence-corrected chi connectivity index (χ4v) is 1.72. The molecule has 2 aromatic rings. The number of alkyl halides is 3. The summed E-state index contributed by atoms with van der Waals surface area (Å²) in [5.41, 5.74) is -1.39. The highest BCUT2D eigenvalue weighted by Gasteiger charge is 2.34. The molecule has 1 amide bonds. The lowest BCUT2D eigenvalue weighted by Crippen LogP contribution is -2.17. The molecule has 1 aromatic carbocycles. The smallest absolute Gasteiger partial charge is 0.320 e. The zero-order chi connectivity index (χ0) is 14.0. The molecule has 0 aliphatic rings. The maximum Gasteiger partial charge on any atom is 0.418 e. The van der Waals surface area contributed by atoms with Gasteiger partial charge in [-0.1, -0.05) is 15.9 Å². The molecular formula is C10H6BrF3N4O. The summed E-state index contributed by atoms with van der Waals surface area (Å²) in [5, 5.41) is 11.2. The molecule has 0 unspecified atom stereocenters. The van der Waals surface area contributed by atoms with Gasteiger partial charge in [0.05, 0.1) is 17.4 Å². The first-order valence-electron chi connectivity index (χ1n) is 4.92. The van der Waals surface area contributed by atoms with E-state index in [0.717, 1.165) is 18.3 Å². The third-order valence-electron chi connectivity index (χ3n) is 2.18. The Balaban J connectivity index is 2.33. The second-order valence-corrected chi connectivity index (χ2v) is 4.41. The first-order chi connectivity index (χ1) is 8.88. The summed E-state index contributed by atoms with van der Waals surface area (Å²) in [6.07, 6.45) is -3.46. The normalized spacial score (nSPS) is 11.4. The molecule has 0 spiro atoms. The fourth-order valence-electron chi connectivity index (χ4n) is 1.36. The number of amides is 1. The van der Waals surface area contributed by atoms with E-state index in [2.05, 4.69) is 36.7 Å². The number of carbonyl (C=O) groups excluding carboxylic acids is 1. The minimum atomic E-state index is -4.57. The predicted octanol–water partition coefficient (Wildman–Crippen LogP) is 2.84. The number of rotatable bonds is 2. The summed E-state index contributed by atoms with van der Waals surface area (Å²) >= 11 is 2.95. The lowest BCUT2D eigenvalue weighted by Gasteiger charge is -2.13. The monoisotopic (exact) mass is 334 g/mol. The Labute approximate surface area is 113 Å². The van der Waals surface area contributed by atoms with Crippen LogP contribution in [0.25, 0.3) is 0 Å². The van der Waals surface area contributed by atoms with Gasteiger partial charge in [-0.3, -0.25) is 4.79 Å². The number of nitrogens with one attached hydrogen (secondary N) is 2. The molecule has 0 bridgehead atoms. The minimum absolute atomic E-state index is 0.101. The number of anilines is 1. The number of aromatic nitrogens is 3. The number of hydrogen-bond donors (Lipinski definition) is 2. The van der Waals surface area contributed by atoms with Crippen LogP contribution in [0.3, 0.4) is 0 Å². The molecule has 2 rings (SSSR count). The van der Waals surface area contributed by atoms with Crippen LogP contribution in [0.4, 0.5) is 18.9 Å². The van der Waals surface area contributed by atoms with E-state index >= 15 is 0 Å². The van der Waals surface area contributed by atoms with Gasteiger partial charge in [0.15, 0.2) is 5.69 Å². The lowest BCUT2D eigenvalue weighted by atomic mass is 10.1. The topological polar surface area (TPSA) is 70.7 Å². The SMILES string of the molecule is O=C(Nc1ccc(Br)cc1C(F)(F)F)c1cn[nH]n1. The van der Waals surface area contributed by atoms with Crippen molar-refractivity contribution >= 4 is 27.5 Å². The maximum absolute atomic E-state index is 12.8. The molecule has 0 atom stereocenters. The van der Waals surface area contributed by atoms with Gasteiger partial charge >= 0.3 is 6.18 Å². The van der Waals surface area contributed by atoms with Crippen molar-refractivity contribution in [2.24, 2.45) is 0 Å². The van der Waals surface area contributed by atoms with Gasteiger partial charge < -0.3 is 5.32 Å². The number of halogens is 4. The highest BCUT2D eigenvalue weighted by molar-refractivity contribution is 9.10. The first-order valence-corrected chi connectivity index (χ1v) is 5.71. The Morgan fingerprint density at radius 1 is 1.37 bits per heavy atom. The Morgan fingerprint density at radius 3 is 2.68 bits per heavy atom. The molecule has 0 aliphatic carbocycles. The molecule has 0 saturated carbocycles. The Kier molecular flexibility index (Phi) is 3.56. The lowest BCUT2D eigenvalue weighted by molar-refractivity contribution is -0.136. The van der Waals surface area contributed by atoms with Crippen molar-refractivity contribution in [2.75, 3.05) is 5.32 Å². The molecule has 100 valence electrons. The number of carbonyl (C=O) groups is 1. The van der Waals surface area contributed by atoms with E-state index in [9.17, 15) is 18.0 Å². The summed E-state index contributed by atoms with van der Waals surface area (Å²) < 4.78 is 38.7. The van der Waals surface area contributed by atoms with E-state index in [-0.39, 0.29) is 15.9 Å². The standard InChI is InChI=1S/C10H6BrF3N4O/c11-5-1-2-7(6(3-5)10(12,13)14)16-9(19)8-4-15-18-17-8/h1-4H,(H,16,19)(H,15,17,18). The van der Waals surface area contributed by atoms with Gasteiger partial charge in [-0.25, -0.2) is 0 Å². The van der Waals surface area contributed by atoms with E-state index in [1.165, 1.54) is 6.07 Å². The van der Waals surface area contributed by atoms with Crippen LogP contribution in [0.1, 0.15) is 16.1 Å². The average Bonchev–Trinajstić information content (AvgIpc) is 2.83. The second-order valence-electron chi connectivity index (χ2n) is 3.50. The van der Waals surface area contributed by atoms with Crippen LogP contribution in [0, 0.1) is 0 Å². The quantitative estimate of drug-likeness (QED) is 0.887. The molecular weight excluding hydrogens is 329 g/mol. The molecule has 19 heavy (non-hydrogen) atoms. The van der Waals surface area contributed by atoms with Crippen molar-refractivity contribution in [3.63, 3.8) is 0 Å². The zero-order valence-electron chi connectivity index (χ0n) is 9.12. The summed E-state index contributed by atoms with van der Waals surface area (Å²) in [5.74, 6) is -0.776. The Bertz CT molecular complexity index is 597. The molecule has 0 radical (unpaired) electrons. The van der Waals surface area contributed by atoms with Crippen molar-refractivity contribution in [3.05, 3.63) is 40.1 Å². The van der Waals surface area contributed by atoms with Gasteiger partial charge in [0.1, 0.15) is 0 Å². The zero-order valence-corrected chi connectivity index (χ0v) is 10.7. The van der Waals surface area contributed by atoms with E-state index < -0.39 is 17.6 Å². The number of benzene rings is 1. The molecule has 2 N–H and O–H groups in total. The number of nitrogens with zero attached hydrogens (tertiary/aromatic N) is 2. The highest BCUT2D eigenvalue weighted by atomic mass is 79.9. The molecule has 1 heterocycles. The maximum atomic E-state index is 12.8. The second kappa shape index (κ2) is 5.00. The van der Waals surface area contributed by atoms with Crippen LogP contribution in [-0.4, -0.2) is 21.3 Å². The average molecular weight is 335 g/mol. The van der Waals surface area contributed by atoms with E-state index in [1.807, 2.05) is 0 Å². The third kappa shape index (κ3) is 3.11. The van der Waals surface area contributed by atoms with Crippen LogP contribution in [0.2, 0.25) is 0 Å². The van der Waals surface area contributed by atoms with Gasteiger partial charge in [0.2, 0.25) is 0 Å². The molecule has 9 heteroatoms. The van der Waals surface area contributed by atoms with E-state index in [1.54, 1.807) is 0 Å². The first kappa shape index (κ1) is 13.5. The fraction of sp³-hybridized carbons (Fsp3) is 0.100. The van der Waals surface area contributed by atoms with Gasteiger partial charge in [-0.2, -0.15) is 28.6 Å². The van der Waals surface area contributed by atoms with Gasteiger partial charge in [-0.15, -0.1) is 0 Å². The molecule has 1 aromatic heterocycles. The van der Waals surface area contributed by atoms with Crippen LogP contribution in [0.5, 0.6) is 0 Å². The summed E-state index contributed by atoms with van der Waals surface area (Å²) in [6, 6.07) is 3.44. The summed E-state index contributed by atoms with van der Waals surface area (Å²) in [4.78, 5) is 11.6. The van der Waals surface area contributed by atoms with E-state index in [0.29, 0.717) is 0 Å². The highest BCUT2D eigenvalue weighted by Crippen LogP contribution is 2.36. The van der Waals surface area contributed by atoms with Crippen LogP contribution >= 0.6 is 15.9 Å². The largest absolute Gasteiger partial charge is 0.418 e. The number of aromatic amines is 1. The Hall–Kier alpha value is -1.90. The van der Waals surface area contributed by atoms with Crippen LogP contribution < -0.4 is 5.32 Å². The molecule has 0 saturated heterocycles. The minimum Gasteiger partial charge on any atom is -0.320 e. The number of H-pyrrole nitrogens is 1. The summed E-state index contributed by atoms with van der Waals surface area (Å²) in [7, 11) is 0. The van der Waals surface area contributed by atoms with Gasteiger partial charge in [-0.05, 0) is 18.2 Å². The third-order valence-corrected chi connectivity index (χ3v) is 2.68. The molecule has 0 aliphatic heterocycles. The molecule has 0 fully saturated rings. The van der Waals surface area contributed by atoms with E-state index in [4.69, 9.17) is 0 Å². The van der Waals surface area contributed by atoms with Crippen molar-refractivity contribution < 1.29 is 18.0 Å². The molecule has 5 nitrogen and oxygen atoms in total. The van der Waals surface area contributed by atoms with Gasteiger partial charge in [0, 0.05) is 4.47 Å². The Morgan fingerprint density at radius 2 is 2.11 bits per heavy atom.